The molecule has 0 bridgehead atoms. The van der Waals surface area contributed by atoms with E-state index in [-0.39, 0.29) is 11.7 Å². The maximum atomic E-state index is 12.0. The predicted molar refractivity (Wildman–Crippen MR) is 84.1 cm³/mol. The average Bonchev–Trinajstić information content (AvgIpc) is 2.89. The minimum absolute atomic E-state index is 0.0609. The van der Waals surface area contributed by atoms with Gasteiger partial charge in [0, 0.05) is 12.2 Å². The van der Waals surface area contributed by atoms with Gasteiger partial charge in [-0.05, 0) is 25.5 Å². The number of aryl methyl sites for hydroxylation is 1. The Morgan fingerprint density at radius 3 is 2.81 bits per heavy atom. The van der Waals surface area contributed by atoms with Crippen molar-refractivity contribution < 1.29 is 4.79 Å². The Kier molecular flexibility index (Phi) is 5.35. The summed E-state index contributed by atoms with van der Waals surface area (Å²) in [6, 6.07) is 7.69. The monoisotopic (exact) mass is 305 g/mol. The number of nitrogens with zero attached hydrogens (tertiary/aromatic N) is 3. The van der Waals surface area contributed by atoms with Crippen molar-refractivity contribution in [2.75, 3.05) is 11.1 Å². The minimum Gasteiger partial charge on any atom is -0.325 e. The van der Waals surface area contributed by atoms with Gasteiger partial charge in [0.1, 0.15) is 5.82 Å². The van der Waals surface area contributed by atoms with Crippen molar-refractivity contribution in [1.82, 2.24) is 14.8 Å². The number of hydrogen-bond donors (Lipinski definition) is 2. The third-order valence-corrected chi connectivity index (χ3v) is 4.01. The van der Waals surface area contributed by atoms with Crippen molar-refractivity contribution in [3.05, 3.63) is 35.7 Å². The molecular weight excluding hydrogens is 286 g/mol. The molecule has 0 aliphatic heterocycles. The van der Waals surface area contributed by atoms with Gasteiger partial charge in [0.25, 0.3) is 0 Å². The van der Waals surface area contributed by atoms with Gasteiger partial charge in [-0.2, -0.15) is 0 Å². The number of aromatic nitrogens is 3. The highest BCUT2D eigenvalue weighted by Gasteiger charge is 2.12. The summed E-state index contributed by atoms with van der Waals surface area (Å²) < 4.78 is 1.92. The molecule has 0 spiro atoms. The Hall–Kier alpha value is -1.86. The standard InChI is InChI=1S/C14H19N5OS/c1-3-19-12(8-15)17-18-14(19)21-9-13(20)16-11-7-5-4-6-10(11)2/h4-7H,3,8-9,15H2,1-2H3,(H,16,20). The molecule has 112 valence electrons. The van der Waals surface area contributed by atoms with Gasteiger partial charge >= 0.3 is 0 Å². The van der Waals surface area contributed by atoms with Gasteiger partial charge in [-0.15, -0.1) is 10.2 Å². The van der Waals surface area contributed by atoms with Gasteiger partial charge in [0.05, 0.1) is 12.3 Å². The van der Waals surface area contributed by atoms with Crippen molar-refractivity contribution in [3.8, 4) is 0 Å². The molecule has 0 saturated heterocycles. The van der Waals surface area contributed by atoms with Crippen molar-refractivity contribution in [2.24, 2.45) is 5.73 Å². The van der Waals surface area contributed by atoms with E-state index in [1.54, 1.807) is 0 Å². The lowest BCUT2D eigenvalue weighted by Crippen LogP contribution is -2.15. The lowest BCUT2D eigenvalue weighted by Gasteiger charge is -2.08. The molecule has 0 saturated carbocycles. The van der Waals surface area contributed by atoms with Crippen LogP contribution in [0.1, 0.15) is 18.3 Å². The number of amides is 1. The molecule has 0 radical (unpaired) electrons. The van der Waals surface area contributed by atoms with Gasteiger partial charge in [-0.3, -0.25) is 4.79 Å². The minimum atomic E-state index is -0.0609. The first-order chi connectivity index (χ1) is 10.2. The van der Waals surface area contributed by atoms with Crippen LogP contribution < -0.4 is 11.1 Å². The predicted octanol–water partition coefficient (Wildman–Crippen LogP) is 1.80. The van der Waals surface area contributed by atoms with Crippen LogP contribution in [0.2, 0.25) is 0 Å². The van der Waals surface area contributed by atoms with Crippen LogP contribution in [0.4, 0.5) is 5.69 Å². The number of carbonyl (C=O) groups is 1. The number of rotatable bonds is 6. The Morgan fingerprint density at radius 2 is 2.14 bits per heavy atom. The maximum Gasteiger partial charge on any atom is 0.234 e. The number of hydrogen-bond acceptors (Lipinski definition) is 5. The average molecular weight is 305 g/mol. The fourth-order valence-corrected chi connectivity index (χ4v) is 2.75. The van der Waals surface area contributed by atoms with E-state index in [0.717, 1.165) is 28.8 Å². The summed E-state index contributed by atoms with van der Waals surface area (Å²) in [5.41, 5.74) is 7.48. The van der Waals surface area contributed by atoms with Crippen LogP contribution in [0.5, 0.6) is 0 Å². The lowest BCUT2D eigenvalue weighted by atomic mass is 10.2. The molecule has 1 heterocycles. The number of nitrogens with one attached hydrogen (secondary N) is 1. The van der Waals surface area contributed by atoms with Crippen molar-refractivity contribution >= 4 is 23.4 Å². The Balaban J connectivity index is 1.95. The number of benzene rings is 1. The van der Waals surface area contributed by atoms with Crippen LogP contribution in [-0.4, -0.2) is 26.4 Å². The van der Waals surface area contributed by atoms with Crippen molar-refractivity contribution in [2.45, 2.75) is 32.1 Å². The first kappa shape index (κ1) is 15.5. The van der Waals surface area contributed by atoms with Crippen molar-refractivity contribution in [1.29, 1.82) is 0 Å². The van der Waals surface area contributed by atoms with Gasteiger partial charge in [0.2, 0.25) is 5.91 Å². The van der Waals surface area contributed by atoms with E-state index in [4.69, 9.17) is 5.73 Å². The van der Waals surface area contributed by atoms with Crippen LogP contribution in [0.25, 0.3) is 0 Å². The summed E-state index contributed by atoms with van der Waals surface area (Å²) in [5, 5.41) is 11.7. The largest absolute Gasteiger partial charge is 0.325 e. The highest BCUT2D eigenvalue weighted by molar-refractivity contribution is 7.99. The van der Waals surface area contributed by atoms with Gasteiger partial charge in [-0.1, -0.05) is 30.0 Å². The zero-order valence-electron chi connectivity index (χ0n) is 12.2. The van der Waals surface area contributed by atoms with E-state index in [2.05, 4.69) is 15.5 Å². The first-order valence-electron chi connectivity index (χ1n) is 6.76. The number of anilines is 1. The summed E-state index contributed by atoms with van der Waals surface area (Å²) >= 11 is 1.36. The van der Waals surface area contributed by atoms with Crippen LogP contribution >= 0.6 is 11.8 Å². The van der Waals surface area contributed by atoms with Crippen molar-refractivity contribution in [3.63, 3.8) is 0 Å². The maximum absolute atomic E-state index is 12.0. The van der Waals surface area contributed by atoms with E-state index in [1.807, 2.05) is 42.7 Å². The molecular formula is C14H19N5OS. The molecule has 0 atom stereocenters. The quantitative estimate of drug-likeness (QED) is 0.795. The Morgan fingerprint density at radius 1 is 1.38 bits per heavy atom. The molecule has 21 heavy (non-hydrogen) atoms. The summed E-state index contributed by atoms with van der Waals surface area (Å²) in [4.78, 5) is 12.0. The molecule has 0 aliphatic carbocycles. The molecule has 1 aromatic heterocycles. The molecule has 7 heteroatoms. The summed E-state index contributed by atoms with van der Waals surface area (Å²) in [6.07, 6.45) is 0. The molecule has 6 nitrogen and oxygen atoms in total. The number of thioether (sulfide) groups is 1. The second kappa shape index (κ2) is 7.24. The summed E-state index contributed by atoms with van der Waals surface area (Å²) in [6.45, 7) is 5.04. The molecule has 2 aromatic rings. The van der Waals surface area contributed by atoms with Crippen LogP contribution in [0.3, 0.4) is 0 Å². The zero-order chi connectivity index (χ0) is 15.2. The number of para-hydroxylation sites is 1. The van der Waals surface area contributed by atoms with E-state index in [1.165, 1.54) is 11.8 Å². The van der Waals surface area contributed by atoms with E-state index in [9.17, 15) is 4.79 Å². The van der Waals surface area contributed by atoms with Crippen LogP contribution in [0.15, 0.2) is 29.4 Å². The highest BCUT2D eigenvalue weighted by Crippen LogP contribution is 2.18. The smallest absolute Gasteiger partial charge is 0.234 e. The molecule has 1 aromatic carbocycles. The first-order valence-corrected chi connectivity index (χ1v) is 7.74. The van der Waals surface area contributed by atoms with E-state index < -0.39 is 0 Å². The molecule has 3 N–H and O–H groups in total. The zero-order valence-corrected chi connectivity index (χ0v) is 13.0. The summed E-state index contributed by atoms with van der Waals surface area (Å²) in [7, 11) is 0. The molecule has 2 rings (SSSR count). The van der Waals surface area contributed by atoms with Gasteiger partial charge < -0.3 is 15.6 Å². The number of carbonyl (C=O) groups excluding carboxylic acids is 1. The SMILES string of the molecule is CCn1c(CN)nnc1SCC(=O)Nc1ccccc1C. The second-order valence-corrected chi connectivity index (χ2v) is 5.44. The third-order valence-electron chi connectivity index (χ3n) is 3.04. The van der Waals surface area contributed by atoms with E-state index in [0.29, 0.717) is 6.54 Å². The summed E-state index contributed by atoms with van der Waals surface area (Å²) in [5.74, 6) is 0.963. The second-order valence-electron chi connectivity index (χ2n) is 4.50. The molecule has 0 unspecified atom stereocenters. The lowest BCUT2D eigenvalue weighted by molar-refractivity contribution is -0.113. The van der Waals surface area contributed by atoms with Gasteiger partial charge in [-0.25, -0.2) is 0 Å². The third kappa shape index (κ3) is 3.83. The highest BCUT2D eigenvalue weighted by atomic mass is 32.2. The van der Waals surface area contributed by atoms with E-state index >= 15 is 0 Å². The fraction of sp³-hybridized carbons (Fsp3) is 0.357. The normalized spacial score (nSPS) is 10.6. The Labute approximate surface area is 128 Å². The van der Waals surface area contributed by atoms with Gasteiger partial charge in [0.15, 0.2) is 5.16 Å². The molecule has 0 aliphatic rings. The van der Waals surface area contributed by atoms with Crippen LogP contribution in [-0.2, 0) is 17.9 Å². The fourth-order valence-electron chi connectivity index (χ4n) is 1.92. The molecule has 0 fully saturated rings. The molecule has 1 amide bonds. The topological polar surface area (TPSA) is 85.8 Å². The van der Waals surface area contributed by atoms with Crippen LogP contribution in [0, 0.1) is 6.92 Å². The number of nitrogens with two attached hydrogens (primary N) is 1. The Bertz CT molecular complexity index is 626.